The van der Waals surface area contributed by atoms with E-state index in [9.17, 15) is 0 Å². The molecule has 2 unspecified atom stereocenters. The standard InChI is InChI=1S/C16H34N4OS/c1-5-17-16(18-8-6-7-11-22-4)19-12-14(2)20-9-10-21-13-15(20)3/h14-15H,5-13H2,1-4H3,(H2,17,18,19). The van der Waals surface area contributed by atoms with Crippen LogP contribution in [0.25, 0.3) is 0 Å². The van der Waals surface area contributed by atoms with Crippen molar-refractivity contribution >= 4 is 17.7 Å². The van der Waals surface area contributed by atoms with E-state index in [0.29, 0.717) is 12.1 Å². The lowest BCUT2D eigenvalue weighted by molar-refractivity contribution is -0.0165. The molecule has 0 aliphatic carbocycles. The second-order valence-electron chi connectivity index (χ2n) is 5.86. The molecule has 130 valence electrons. The molecule has 22 heavy (non-hydrogen) atoms. The van der Waals surface area contributed by atoms with Crippen molar-refractivity contribution in [1.82, 2.24) is 15.5 Å². The van der Waals surface area contributed by atoms with Gasteiger partial charge in [-0.2, -0.15) is 11.8 Å². The number of rotatable bonds is 9. The van der Waals surface area contributed by atoms with Crippen LogP contribution in [0.15, 0.2) is 4.99 Å². The van der Waals surface area contributed by atoms with Crippen LogP contribution >= 0.6 is 11.8 Å². The van der Waals surface area contributed by atoms with Gasteiger partial charge < -0.3 is 15.4 Å². The normalized spacial score (nSPS) is 21.6. The molecule has 1 heterocycles. The van der Waals surface area contributed by atoms with E-state index in [1.165, 1.54) is 18.6 Å². The lowest BCUT2D eigenvalue weighted by atomic mass is 10.2. The van der Waals surface area contributed by atoms with E-state index >= 15 is 0 Å². The molecule has 1 aliphatic heterocycles. The molecule has 0 aromatic rings. The maximum Gasteiger partial charge on any atom is 0.191 e. The minimum Gasteiger partial charge on any atom is -0.379 e. The molecular formula is C16H34N4OS. The Hall–Kier alpha value is -0.460. The summed E-state index contributed by atoms with van der Waals surface area (Å²) in [6.07, 6.45) is 4.61. The maximum atomic E-state index is 5.51. The van der Waals surface area contributed by atoms with E-state index in [-0.39, 0.29) is 0 Å². The molecule has 0 amide bonds. The molecule has 0 bridgehead atoms. The van der Waals surface area contributed by atoms with Crippen LogP contribution in [0.3, 0.4) is 0 Å². The number of hydrogen-bond donors (Lipinski definition) is 2. The highest BCUT2D eigenvalue weighted by Gasteiger charge is 2.23. The van der Waals surface area contributed by atoms with Crippen molar-refractivity contribution in [2.45, 2.75) is 45.7 Å². The minimum absolute atomic E-state index is 0.450. The summed E-state index contributed by atoms with van der Waals surface area (Å²) in [5.41, 5.74) is 0. The monoisotopic (exact) mass is 330 g/mol. The van der Waals surface area contributed by atoms with Crippen molar-refractivity contribution < 1.29 is 4.74 Å². The Bertz CT molecular complexity index is 315. The van der Waals surface area contributed by atoms with Crippen LogP contribution < -0.4 is 10.6 Å². The van der Waals surface area contributed by atoms with Crippen molar-refractivity contribution in [3.05, 3.63) is 0 Å². The van der Waals surface area contributed by atoms with Crippen LogP contribution in [-0.2, 0) is 4.74 Å². The van der Waals surface area contributed by atoms with E-state index in [0.717, 1.165) is 45.4 Å². The van der Waals surface area contributed by atoms with Gasteiger partial charge >= 0.3 is 0 Å². The second-order valence-corrected chi connectivity index (χ2v) is 6.84. The first-order chi connectivity index (χ1) is 10.7. The van der Waals surface area contributed by atoms with Crippen LogP contribution in [0.4, 0.5) is 0 Å². The zero-order valence-electron chi connectivity index (χ0n) is 14.7. The molecule has 6 heteroatoms. The Balaban J connectivity index is 2.36. The molecule has 0 aromatic heterocycles. The van der Waals surface area contributed by atoms with Gasteiger partial charge in [0, 0.05) is 31.7 Å². The predicted molar refractivity (Wildman–Crippen MR) is 98.0 cm³/mol. The molecule has 0 spiro atoms. The molecule has 1 fully saturated rings. The van der Waals surface area contributed by atoms with E-state index < -0.39 is 0 Å². The van der Waals surface area contributed by atoms with Gasteiger partial charge in [0.2, 0.25) is 0 Å². The number of ether oxygens (including phenoxy) is 1. The van der Waals surface area contributed by atoms with E-state index in [1.807, 2.05) is 11.8 Å². The number of morpholine rings is 1. The van der Waals surface area contributed by atoms with Gasteiger partial charge in [0.15, 0.2) is 5.96 Å². The summed E-state index contributed by atoms with van der Waals surface area (Å²) in [7, 11) is 0. The average Bonchev–Trinajstić information content (AvgIpc) is 2.52. The summed E-state index contributed by atoms with van der Waals surface area (Å²) in [5.74, 6) is 2.18. The maximum absolute atomic E-state index is 5.51. The zero-order chi connectivity index (χ0) is 16.2. The van der Waals surface area contributed by atoms with E-state index in [1.54, 1.807) is 0 Å². The lowest BCUT2D eigenvalue weighted by Crippen LogP contribution is -2.49. The van der Waals surface area contributed by atoms with Crippen molar-refractivity contribution in [3.63, 3.8) is 0 Å². The highest BCUT2D eigenvalue weighted by atomic mass is 32.2. The summed E-state index contributed by atoms with van der Waals surface area (Å²) in [6.45, 7) is 12.0. The van der Waals surface area contributed by atoms with Crippen LogP contribution in [-0.4, -0.2) is 74.3 Å². The average molecular weight is 331 g/mol. The molecule has 1 saturated heterocycles. The number of aliphatic imine (C=N–C) groups is 1. The number of nitrogens with one attached hydrogen (secondary N) is 2. The Kier molecular flexibility index (Phi) is 10.7. The summed E-state index contributed by atoms with van der Waals surface area (Å²) >= 11 is 1.91. The van der Waals surface area contributed by atoms with Crippen LogP contribution in [0.5, 0.6) is 0 Å². The smallest absolute Gasteiger partial charge is 0.191 e. The first-order valence-electron chi connectivity index (χ1n) is 8.53. The van der Waals surface area contributed by atoms with Crippen LogP contribution in [0, 0.1) is 0 Å². The zero-order valence-corrected chi connectivity index (χ0v) is 15.5. The first-order valence-corrected chi connectivity index (χ1v) is 9.93. The van der Waals surface area contributed by atoms with Gasteiger partial charge in [-0.05, 0) is 45.6 Å². The molecule has 2 N–H and O–H groups in total. The summed E-state index contributed by atoms with van der Waals surface area (Å²) < 4.78 is 5.51. The van der Waals surface area contributed by atoms with Gasteiger partial charge in [0.1, 0.15) is 0 Å². The Morgan fingerprint density at radius 1 is 1.41 bits per heavy atom. The predicted octanol–water partition coefficient (Wildman–Crippen LogP) is 1.79. The van der Waals surface area contributed by atoms with Crippen molar-refractivity contribution in [2.75, 3.05) is 51.4 Å². The Morgan fingerprint density at radius 3 is 2.91 bits per heavy atom. The van der Waals surface area contributed by atoms with Crippen LogP contribution in [0.1, 0.15) is 33.6 Å². The molecule has 5 nitrogen and oxygen atoms in total. The fraction of sp³-hybridized carbons (Fsp3) is 0.938. The minimum atomic E-state index is 0.450. The number of thioether (sulfide) groups is 1. The third kappa shape index (κ3) is 7.70. The van der Waals surface area contributed by atoms with Crippen molar-refractivity contribution in [3.8, 4) is 0 Å². The van der Waals surface area contributed by atoms with Gasteiger partial charge in [-0.3, -0.25) is 9.89 Å². The molecule has 1 aliphatic rings. The van der Waals surface area contributed by atoms with Gasteiger partial charge in [-0.25, -0.2) is 0 Å². The third-order valence-electron chi connectivity index (χ3n) is 3.91. The summed E-state index contributed by atoms with van der Waals surface area (Å²) in [5, 5.41) is 6.77. The van der Waals surface area contributed by atoms with Gasteiger partial charge in [0.05, 0.1) is 19.8 Å². The molecular weight excluding hydrogens is 296 g/mol. The summed E-state index contributed by atoms with van der Waals surface area (Å²) in [6, 6.07) is 0.937. The Morgan fingerprint density at radius 2 is 2.23 bits per heavy atom. The van der Waals surface area contributed by atoms with Gasteiger partial charge in [-0.15, -0.1) is 0 Å². The number of nitrogens with zero attached hydrogens (tertiary/aromatic N) is 2. The van der Waals surface area contributed by atoms with Gasteiger partial charge in [-0.1, -0.05) is 0 Å². The fourth-order valence-electron chi connectivity index (χ4n) is 2.64. The highest BCUT2D eigenvalue weighted by Crippen LogP contribution is 2.10. The third-order valence-corrected chi connectivity index (χ3v) is 4.61. The fourth-order valence-corrected chi connectivity index (χ4v) is 3.14. The quantitative estimate of drug-likeness (QED) is 0.383. The number of guanidine groups is 1. The number of unbranched alkanes of at least 4 members (excludes halogenated alkanes) is 1. The van der Waals surface area contributed by atoms with Crippen molar-refractivity contribution in [2.24, 2.45) is 4.99 Å². The molecule has 2 atom stereocenters. The number of hydrogen-bond acceptors (Lipinski definition) is 4. The molecule has 0 aromatic carbocycles. The Labute approximate surface area is 140 Å². The second kappa shape index (κ2) is 12.0. The van der Waals surface area contributed by atoms with Gasteiger partial charge in [0.25, 0.3) is 0 Å². The van der Waals surface area contributed by atoms with E-state index in [4.69, 9.17) is 9.73 Å². The summed E-state index contributed by atoms with van der Waals surface area (Å²) in [4.78, 5) is 7.24. The van der Waals surface area contributed by atoms with Crippen LogP contribution in [0.2, 0.25) is 0 Å². The highest BCUT2D eigenvalue weighted by molar-refractivity contribution is 7.98. The van der Waals surface area contributed by atoms with Crippen molar-refractivity contribution in [1.29, 1.82) is 0 Å². The largest absolute Gasteiger partial charge is 0.379 e. The molecule has 1 rings (SSSR count). The lowest BCUT2D eigenvalue weighted by Gasteiger charge is -2.37. The molecule has 0 radical (unpaired) electrons. The SMILES string of the molecule is CCNC(=NCC(C)N1CCOCC1C)NCCCCSC. The topological polar surface area (TPSA) is 48.9 Å². The van der Waals surface area contributed by atoms with E-state index in [2.05, 4.69) is 42.6 Å². The molecule has 0 saturated carbocycles. The first kappa shape index (κ1) is 19.6.